The van der Waals surface area contributed by atoms with Crippen LogP contribution in [-0.4, -0.2) is 38.5 Å². The van der Waals surface area contributed by atoms with Crippen molar-refractivity contribution in [1.29, 1.82) is 5.41 Å². The number of carbonyl (C=O) groups is 2. The van der Waals surface area contributed by atoms with Gasteiger partial charge in [0.25, 0.3) is 5.91 Å². The number of aryl methyl sites for hydroxylation is 2. The molecule has 192 valence electrons. The molecule has 4 rings (SSSR count). The molecule has 0 aliphatic heterocycles. The maximum atomic E-state index is 13.4. The number of hydroxylamine groups is 1. The molecule has 4 N–H and O–H groups in total. The molecule has 0 radical (unpaired) electrons. The second-order valence-corrected chi connectivity index (χ2v) is 8.70. The normalized spacial score (nSPS) is 10.9. The van der Waals surface area contributed by atoms with Crippen LogP contribution in [0.15, 0.2) is 60.8 Å². The van der Waals surface area contributed by atoms with E-state index < -0.39 is 11.8 Å². The number of benzene rings is 2. The predicted octanol–water partition coefficient (Wildman–Crippen LogP) is 3.85. The van der Waals surface area contributed by atoms with Gasteiger partial charge in [0.05, 0.1) is 29.2 Å². The fraction of sp³-hybridized carbons (Fsp3) is 0.259. The summed E-state index contributed by atoms with van der Waals surface area (Å²) in [5, 5.41) is 25.5. The lowest BCUT2D eigenvalue weighted by Gasteiger charge is -2.15. The van der Waals surface area contributed by atoms with Gasteiger partial charge in [0.2, 0.25) is 5.91 Å². The zero-order valence-electron chi connectivity index (χ0n) is 20.8. The fourth-order valence-electron chi connectivity index (χ4n) is 4.20. The molecule has 4 aromatic rings. The predicted molar refractivity (Wildman–Crippen MR) is 139 cm³/mol. The Bertz CT molecular complexity index is 1480. The Morgan fingerprint density at radius 2 is 1.86 bits per heavy atom. The molecule has 2 amide bonds. The molecule has 0 saturated heterocycles. The zero-order valence-corrected chi connectivity index (χ0v) is 20.8. The summed E-state index contributed by atoms with van der Waals surface area (Å²) in [5.74, 6) is 0.293. The van der Waals surface area contributed by atoms with Gasteiger partial charge in [0.1, 0.15) is 11.6 Å². The molecule has 0 fully saturated rings. The van der Waals surface area contributed by atoms with E-state index in [1.807, 2.05) is 47.0 Å². The molecule has 2 aromatic heterocycles. The van der Waals surface area contributed by atoms with Crippen molar-refractivity contribution >= 4 is 28.5 Å². The van der Waals surface area contributed by atoms with Crippen LogP contribution in [0.3, 0.4) is 0 Å². The Labute approximate surface area is 214 Å². The second kappa shape index (κ2) is 11.5. The number of pyridine rings is 1. The van der Waals surface area contributed by atoms with Gasteiger partial charge in [-0.3, -0.25) is 24.9 Å². The van der Waals surface area contributed by atoms with Gasteiger partial charge < -0.3 is 14.6 Å². The summed E-state index contributed by atoms with van der Waals surface area (Å²) in [6.07, 6.45) is 4.09. The lowest BCUT2D eigenvalue weighted by molar-refractivity contribution is -0.129. The van der Waals surface area contributed by atoms with Gasteiger partial charge in [-0.15, -0.1) is 0 Å². The number of aromatic nitrogens is 3. The zero-order chi connectivity index (χ0) is 26.4. The highest BCUT2D eigenvalue weighted by molar-refractivity contribution is 6.05. The van der Waals surface area contributed by atoms with Crippen LogP contribution < -0.4 is 20.9 Å². The van der Waals surface area contributed by atoms with Gasteiger partial charge in [-0.25, -0.2) is 5.48 Å². The van der Waals surface area contributed by atoms with Gasteiger partial charge in [-0.1, -0.05) is 36.8 Å². The first kappa shape index (κ1) is 25.6. The average Bonchev–Trinajstić information content (AvgIpc) is 3.29. The highest BCUT2D eigenvalue weighted by Crippen LogP contribution is 2.23. The third-order valence-electron chi connectivity index (χ3n) is 6.20. The minimum atomic E-state index is -0.411. The van der Waals surface area contributed by atoms with Crippen LogP contribution in [0.2, 0.25) is 0 Å². The number of nitrogens with zero attached hydrogens (tertiary/aromatic N) is 3. The topological polar surface area (TPSA) is 134 Å². The number of amides is 2. The summed E-state index contributed by atoms with van der Waals surface area (Å²) < 4.78 is 8.91. The number of fused-ring (bicyclic) bond motifs is 1. The maximum absolute atomic E-state index is 13.4. The summed E-state index contributed by atoms with van der Waals surface area (Å²) in [6, 6.07) is 16.9. The van der Waals surface area contributed by atoms with Crippen molar-refractivity contribution in [2.45, 2.75) is 32.2 Å². The third kappa shape index (κ3) is 5.87. The van der Waals surface area contributed by atoms with E-state index >= 15 is 0 Å². The number of methoxy groups -OCH3 is 1. The molecular weight excluding hydrogens is 472 g/mol. The van der Waals surface area contributed by atoms with Crippen molar-refractivity contribution in [3.63, 3.8) is 0 Å². The molecule has 0 unspecified atom stereocenters. The number of ether oxygens (including phenoxy) is 1. The van der Waals surface area contributed by atoms with Crippen molar-refractivity contribution in [3.05, 3.63) is 71.7 Å². The monoisotopic (exact) mass is 502 g/mol. The first-order valence-electron chi connectivity index (χ1n) is 12.0. The second-order valence-electron chi connectivity index (χ2n) is 8.70. The average molecular weight is 503 g/mol. The Morgan fingerprint density at radius 1 is 1.08 bits per heavy atom. The molecule has 0 aliphatic carbocycles. The van der Waals surface area contributed by atoms with Gasteiger partial charge in [-0.2, -0.15) is 5.10 Å². The van der Waals surface area contributed by atoms with Crippen LogP contribution in [-0.2, 0) is 18.4 Å². The highest BCUT2D eigenvalue weighted by Gasteiger charge is 2.17. The van der Waals surface area contributed by atoms with Crippen molar-refractivity contribution in [2.75, 3.05) is 12.4 Å². The van der Waals surface area contributed by atoms with Crippen molar-refractivity contribution in [1.82, 2.24) is 19.8 Å². The minimum Gasteiger partial charge on any atom is -0.497 e. The Balaban J connectivity index is 1.61. The van der Waals surface area contributed by atoms with E-state index in [2.05, 4.69) is 10.4 Å². The number of hydrogen-bond acceptors (Lipinski definition) is 6. The van der Waals surface area contributed by atoms with Crippen LogP contribution in [0.4, 0.5) is 5.82 Å². The maximum Gasteiger partial charge on any atom is 0.260 e. The van der Waals surface area contributed by atoms with Crippen LogP contribution in [0.5, 0.6) is 5.75 Å². The summed E-state index contributed by atoms with van der Waals surface area (Å²) in [7, 11) is 3.32. The number of carbonyl (C=O) groups excluding carboxylic acids is 2. The number of nitrogens with one attached hydrogen (secondary N) is 3. The first-order valence-corrected chi connectivity index (χ1v) is 12.0. The quantitative estimate of drug-likeness (QED) is 0.148. The SMILES string of the molecule is COc1ccc2c(c1)c(=N)c(C(=O)Nc1cc(-c3ccccc3)nn1C)cn2CCCCCC(=O)NO. The van der Waals surface area contributed by atoms with Gasteiger partial charge in [0.15, 0.2) is 0 Å². The highest BCUT2D eigenvalue weighted by atomic mass is 16.5. The van der Waals surface area contributed by atoms with E-state index in [4.69, 9.17) is 15.4 Å². The van der Waals surface area contributed by atoms with E-state index in [0.29, 0.717) is 29.9 Å². The Hall–Kier alpha value is -4.44. The lowest BCUT2D eigenvalue weighted by atomic mass is 10.1. The minimum absolute atomic E-state index is 0.104. The summed E-state index contributed by atoms with van der Waals surface area (Å²) in [6.45, 7) is 0.591. The lowest BCUT2D eigenvalue weighted by Crippen LogP contribution is -2.25. The molecule has 0 atom stereocenters. The first-order chi connectivity index (χ1) is 17.9. The number of hydrogen-bond donors (Lipinski definition) is 4. The van der Waals surface area contributed by atoms with Crippen molar-refractivity contribution < 1.29 is 19.5 Å². The number of rotatable bonds is 10. The van der Waals surface area contributed by atoms with Crippen molar-refractivity contribution in [2.24, 2.45) is 7.05 Å². The van der Waals surface area contributed by atoms with E-state index in [1.165, 1.54) is 0 Å². The van der Waals surface area contributed by atoms with Crippen molar-refractivity contribution in [3.8, 4) is 17.0 Å². The van der Waals surface area contributed by atoms with Gasteiger partial charge >= 0.3 is 0 Å². The third-order valence-corrected chi connectivity index (χ3v) is 6.20. The van der Waals surface area contributed by atoms with E-state index in [-0.39, 0.29) is 17.3 Å². The summed E-state index contributed by atoms with van der Waals surface area (Å²) in [5.41, 5.74) is 4.35. The summed E-state index contributed by atoms with van der Waals surface area (Å²) >= 11 is 0. The van der Waals surface area contributed by atoms with Crippen LogP contribution >= 0.6 is 0 Å². The number of anilines is 1. The Kier molecular flexibility index (Phi) is 7.99. The Morgan fingerprint density at radius 3 is 2.59 bits per heavy atom. The molecule has 2 heterocycles. The van der Waals surface area contributed by atoms with E-state index in [9.17, 15) is 9.59 Å². The molecule has 0 spiro atoms. The molecule has 0 saturated carbocycles. The van der Waals surface area contributed by atoms with Gasteiger partial charge in [-0.05, 0) is 31.0 Å². The molecular formula is C27H30N6O4. The molecule has 10 nitrogen and oxygen atoms in total. The molecule has 2 aromatic carbocycles. The number of unbranched alkanes of at least 4 members (excludes halogenated alkanes) is 2. The molecule has 0 bridgehead atoms. The largest absolute Gasteiger partial charge is 0.497 e. The molecule has 0 aliphatic rings. The summed E-state index contributed by atoms with van der Waals surface area (Å²) in [4.78, 5) is 24.6. The van der Waals surface area contributed by atoms with Crippen LogP contribution in [0.25, 0.3) is 22.2 Å². The van der Waals surface area contributed by atoms with Crippen LogP contribution in [0, 0.1) is 5.41 Å². The van der Waals surface area contributed by atoms with Gasteiger partial charge in [0, 0.05) is 43.2 Å². The van der Waals surface area contributed by atoms with Crippen LogP contribution in [0.1, 0.15) is 36.0 Å². The molecule has 37 heavy (non-hydrogen) atoms. The van der Waals surface area contributed by atoms with E-state index in [0.717, 1.165) is 29.6 Å². The molecule has 10 heteroatoms. The van der Waals surface area contributed by atoms with E-state index in [1.54, 1.807) is 42.6 Å². The smallest absolute Gasteiger partial charge is 0.260 e. The standard InChI is InChI=1S/C27H30N6O4/c1-32-24(16-22(30-32)18-9-5-3-6-10-18)29-27(35)21-17-33(14-8-4-7-11-25(34)31-36)23-13-12-19(37-2)15-20(23)26(21)28/h3,5-6,9-10,12-13,15-17,28,36H,4,7-8,11,14H2,1-2H3,(H,29,35)(H,31,34). The fourth-order valence-corrected chi connectivity index (χ4v) is 4.20.